The molecule has 0 bridgehead atoms. The molecule has 0 spiro atoms. The Kier molecular flexibility index (Phi) is 4.92. The summed E-state index contributed by atoms with van der Waals surface area (Å²) in [5, 5.41) is 14.0. The molecule has 0 aliphatic rings. The van der Waals surface area contributed by atoms with Crippen molar-refractivity contribution in [1.82, 2.24) is 24.5 Å². The molecule has 144 valence electrons. The summed E-state index contributed by atoms with van der Waals surface area (Å²) in [7, 11) is 0. The minimum absolute atomic E-state index is 0.101. The first-order valence-electron chi connectivity index (χ1n) is 8.36. The Morgan fingerprint density at radius 2 is 2.04 bits per heavy atom. The Hall–Kier alpha value is -2.68. The molecule has 0 aliphatic carbocycles. The minimum atomic E-state index is -0.626. The monoisotopic (exact) mass is 419 g/mol. The van der Waals surface area contributed by atoms with Gasteiger partial charge in [0.1, 0.15) is 18.1 Å². The number of hydrogen-bond donors (Lipinski definition) is 1. The Labute approximate surface area is 169 Å². The molecule has 1 atom stereocenters. The number of hydrogen-bond acceptors (Lipinski definition) is 7. The van der Waals surface area contributed by atoms with Gasteiger partial charge in [0, 0.05) is 24.0 Å². The molecule has 10 heteroatoms. The van der Waals surface area contributed by atoms with E-state index in [1.165, 1.54) is 0 Å². The van der Waals surface area contributed by atoms with Crippen LogP contribution in [0.4, 0.5) is 0 Å². The van der Waals surface area contributed by atoms with Crippen molar-refractivity contribution in [3.05, 3.63) is 46.5 Å². The molecular formula is C18H15Cl2N5O3. The maximum absolute atomic E-state index is 9.34. The molecule has 0 aliphatic heterocycles. The first-order chi connectivity index (χ1) is 13.4. The van der Waals surface area contributed by atoms with E-state index in [4.69, 9.17) is 32.5 Å². The Balaban J connectivity index is 1.65. The molecule has 0 radical (unpaired) electrons. The van der Waals surface area contributed by atoms with Crippen LogP contribution in [-0.2, 0) is 0 Å². The number of aromatic nitrogens is 5. The summed E-state index contributed by atoms with van der Waals surface area (Å²) in [6.07, 6.45) is 4.67. The third kappa shape index (κ3) is 3.66. The first kappa shape index (κ1) is 18.7. The van der Waals surface area contributed by atoms with Crippen molar-refractivity contribution < 1.29 is 14.4 Å². The Bertz CT molecular complexity index is 1160. The van der Waals surface area contributed by atoms with Crippen molar-refractivity contribution in [2.45, 2.75) is 20.0 Å². The van der Waals surface area contributed by atoms with Crippen LogP contribution >= 0.6 is 23.2 Å². The molecule has 4 rings (SSSR count). The van der Waals surface area contributed by atoms with Gasteiger partial charge in [-0.05, 0) is 19.9 Å². The van der Waals surface area contributed by atoms with E-state index in [0.29, 0.717) is 32.7 Å². The van der Waals surface area contributed by atoms with Gasteiger partial charge in [0.2, 0.25) is 5.82 Å². The number of aliphatic hydroxyl groups excluding tert-OH is 1. The molecule has 1 N–H and O–H groups in total. The maximum atomic E-state index is 9.34. The van der Waals surface area contributed by atoms with Crippen LogP contribution in [0.2, 0.25) is 10.0 Å². The quantitative estimate of drug-likeness (QED) is 0.524. The fourth-order valence-electron chi connectivity index (χ4n) is 2.56. The average Bonchev–Trinajstić information content (AvgIpc) is 3.28. The van der Waals surface area contributed by atoms with E-state index < -0.39 is 6.10 Å². The van der Waals surface area contributed by atoms with Crippen LogP contribution in [0, 0.1) is 6.92 Å². The summed E-state index contributed by atoms with van der Waals surface area (Å²) in [6.45, 7) is 3.61. The largest absolute Gasteiger partial charge is 0.489 e. The van der Waals surface area contributed by atoms with Crippen LogP contribution in [0.3, 0.4) is 0 Å². The zero-order valence-corrected chi connectivity index (χ0v) is 16.4. The molecular weight excluding hydrogens is 405 g/mol. The highest BCUT2D eigenvalue weighted by Gasteiger charge is 2.18. The third-order valence-corrected chi connectivity index (χ3v) is 4.47. The SMILES string of the molecule is Cc1cn2cc(-c3nc(-c4cc(Cl)c(OCC(C)O)cc4Cl)no3)nc2cn1. The van der Waals surface area contributed by atoms with Crippen LogP contribution in [0.25, 0.3) is 28.6 Å². The summed E-state index contributed by atoms with van der Waals surface area (Å²) in [4.78, 5) is 13.0. The zero-order chi connectivity index (χ0) is 19.8. The maximum Gasteiger partial charge on any atom is 0.278 e. The molecule has 3 heterocycles. The summed E-state index contributed by atoms with van der Waals surface area (Å²) in [6, 6.07) is 3.14. The molecule has 28 heavy (non-hydrogen) atoms. The minimum Gasteiger partial charge on any atom is -0.489 e. The van der Waals surface area contributed by atoms with Crippen molar-refractivity contribution in [2.24, 2.45) is 0 Å². The number of aryl methyl sites for hydroxylation is 1. The van der Waals surface area contributed by atoms with E-state index in [1.54, 1.807) is 31.5 Å². The highest BCUT2D eigenvalue weighted by Crippen LogP contribution is 2.36. The van der Waals surface area contributed by atoms with Crippen molar-refractivity contribution in [3.8, 4) is 28.7 Å². The van der Waals surface area contributed by atoms with Gasteiger partial charge in [-0.3, -0.25) is 4.98 Å². The lowest BCUT2D eigenvalue weighted by molar-refractivity contribution is 0.123. The normalized spacial score (nSPS) is 12.5. The molecule has 3 aromatic heterocycles. The highest BCUT2D eigenvalue weighted by molar-refractivity contribution is 6.36. The van der Waals surface area contributed by atoms with Gasteiger partial charge in [-0.15, -0.1) is 0 Å². The van der Waals surface area contributed by atoms with Gasteiger partial charge in [-0.25, -0.2) is 4.98 Å². The van der Waals surface area contributed by atoms with Gasteiger partial charge in [-0.1, -0.05) is 28.4 Å². The van der Waals surface area contributed by atoms with Crippen molar-refractivity contribution in [3.63, 3.8) is 0 Å². The van der Waals surface area contributed by atoms with Crippen LogP contribution in [0.15, 0.2) is 35.2 Å². The van der Waals surface area contributed by atoms with Crippen LogP contribution in [-0.4, -0.2) is 42.3 Å². The molecule has 0 saturated carbocycles. The standard InChI is InChI=1S/C18H15Cl2N5O3/c1-9-6-25-7-14(22-16(25)5-21-9)18-23-17(24-28-18)11-3-13(20)15(4-12(11)19)27-8-10(2)26/h3-7,10,26H,8H2,1-2H3. The Morgan fingerprint density at radius 1 is 1.21 bits per heavy atom. The summed E-state index contributed by atoms with van der Waals surface area (Å²) < 4.78 is 12.6. The molecule has 0 saturated heterocycles. The lowest BCUT2D eigenvalue weighted by Crippen LogP contribution is -2.12. The number of aliphatic hydroxyl groups is 1. The average molecular weight is 420 g/mol. The van der Waals surface area contributed by atoms with Gasteiger partial charge < -0.3 is 18.8 Å². The lowest BCUT2D eigenvalue weighted by Gasteiger charge is -2.11. The first-order valence-corrected chi connectivity index (χ1v) is 9.12. The van der Waals surface area contributed by atoms with Gasteiger partial charge in [0.05, 0.1) is 28.0 Å². The molecule has 4 aromatic rings. The second kappa shape index (κ2) is 7.38. The number of nitrogens with zero attached hydrogens (tertiary/aromatic N) is 5. The van der Waals surface area contributed by atoms with E-state index in [1.807, 2.05) is 17.5 Å². The topological polar surface area (TPSA) is 98.6 Å². The molecule has 0 fully saturated rings. The lowest BCUT2D eigenvalue weighted by atomic mass is 10.2. The van der Waals surface area contributed by atoms with E-state index in [0.717, 1.165) is 5.69 Å². The molecule has 0 amide bonds. The van der Waals surface area contributed by atoms with E-state index in [9.17, 15) is 5.11 Å². The predicted octanol–water partition coefficient (Wildman–Crippen LogP) is 3.82. The predicted molar refractivity (Wildman–Crippen MR) is 104 cm³/mol. The van der Waals surface area contributed by atoms with Gasteiger partial charge >= 0.3 is 0 Å². The number of imidazole rings is 1. The van der Waals surface area contributed by atoms with Crippen LogP contribution < -0.4 is 4.74 Å². The van der Waals surface area contributed by atoms with Gasteiger partial charge in [0.25, 0.3) is 5.89 Å². The van der Waals surface area contributed by atoms with E-state index in [-0.39, 0.29) is 18.3 Å². The van der Waals surface area contributed by atoms with Crippen LogP contribution in [0.1, 0.15) is 12.6 Å². The highest BCUT2D eigenvalue weighted by atomic mass is 35.5. The number of ether oxygens (including phenoxy) is 1. The second-order valence-electron chi connectivity index (χ2n) is 6.27. The van der Waals surface area contributed by atoms with Gasteiger partial charge in [-0.2, -0.15) is 4.98 Å². The molecule has 1 aromatic carbocycles. The smallest absolute Gasteiger partial charge is 0.278 e. The van der Waals surface area contributed by atoms with Crippen molar-refractivity contribution in [1.29, 1.82) is 0 Å². The summed E-state index contributed by atoms with van der Waals surface area (Å²) in [5.41, 5.74) is 2.54. The van der Waals surface area contributed by atoms with E-state index >= 15 is 0 Å². The van der Waals surface area contributed by atoms with Crippen LogP contribution in [0.5, 0.6) is 5.75 Å². The van der Waals surface area contributed by atoms with Gasteiger partial charge in [0.15, 0.2) is 5.65 Å². The Morgan fingerprint density at radius 3 is 2.82 bits per heavy atom. The zero-order valence-electron chi connectivity index (χ0n) is 14.9. The van der Waals surface area contributed by atoms with Crippen molar-refractivity contribution >= 4 is 28.8 Å². The fraction of sp³-hybridized carbons (Fsp3) is 0.222. The number of halogens is 2. The third-order valence-electron chi connectivity index (χ3n) is 3.86. The number of benzene rings is 1. The second-order valence-corrected chi connectivity index (χ2v) is 7.08. The number of rotatable bonds is 5. The molecule has 8 nitrogen and oxygen atoms in total. The molecule has 1 unspecified atom stereocenters. The van der Waals surface area contributed by atoms with E-state index in [2.05, 4.69) is 20.1 Å². The summed E-state index contributed by atoms with van der Waals surface area (Å²) in [5.74, 6) is 0.886. The van der Waals surface area contributed by atoms with Crippen molar-refractivity contribution in [2.75, 3.05) is 6.61 Å². The fourth-order valence-corrected chi connectivity index (χ4v) is 3.02. The number of fused-ring (bicyclic) bond motifs is 1. The summed E-state index contributed by atoms with van der Waals surface area (Å²) >= 11 is 12.6.